The molecule has 5 atom stereocenters. The van der Waals surface area contributed by atoms with Crippen LogP contribution in [0, 0.1) is 5.92 Å². The monoisotopic (exact) mass is 664 g/mol. The number of amides is 4. The van der Waals surface area contributed by atoms with Crippen LogP contribution in [0.4, 0.5) is 4.79 Å². The van der Waals surface area contributed by atoms with Crippen molar-refractivity contribution in [2.75, 3.05) is 18.1 Å². The number of hydrogen-bond donors (Lipinski definition) is 5. The van der Waals surface area contributed by atoms with Gasteiger partial charge in [-0.2, -0.15) is 0 Å². The van der Waals surface area contributed by atoms with Gasteiger partial charge < -0.3 is 35.8 Å². The summed E-state index contributed by atoms with van der Waals surface area (Å²) >= 11 is 0. The van der Waals surface area contributed by atoms with E-state index >= 15 is 0 Å². The molecule has 0 aromatic heterocycles. The first-order valence-electron chi connectivity index (χ1n) is 15.3. The van der Waals surface area contributed by atoms with Gasteiger partial charge in [-0.1, -0.05) is 71.8 Å². The number of allylic oxidation sites excluding steroid dienone is 1. The van der Waals surface area contributed by atoms with Crippen molar-refractivity contribution in [2.24, 2.45) is 5.92 Å². The highest BCUT2D eigenvalue weighted by molar-refractivity contribution is 8.76. The van der Waals surface area contributed by atoms with Gasteiger partial charge in [-0.3, -0.25) is 19.2 Å². The lowest BCUT2D eigenvalue weighted by Crippen LogP contribution is -2.57. The summed E-state index contributed by atoms with van der Waals surface area (Å²) in [6, 6.07) is 6.61. The number of aliphatic hydroxyl groups excluding tert-OH is 1. The predicted molar refractivity (Wildman–Crippen MR) is 173 cm³/mol. The SMILES string of the molecule is CC(C)[C@H]1NC(=O)[C@H]2CSSCCC=C[C@H](CC(=O)N[C@H](CCCCNC(=O)OCc3ccccc3)C(=O)N2)OC(=O)C[C@@H]1O. The minimum atomic E-state index is -1.23. The standard InChI is InChI=1S/C31H44N4O8S2/c1-20(2)28-25(36)17-27(38)43-22-12-7-9-15-44-45-19-24(30(40)35-28)34-29(39)23(33-26(37)16-22)13-6-8-14-32-31(41)42-18-21-10-4-3-5-11-21/h3-5,7,10-12,20,22-25,28,36H,6,8-9,13-19H2,1-2H3,(H,32,41)(H,33,37)(H,34,39)(H,35,40)/t22-,23-,24-,25+,28-/m1/s1. The molecule has 1 saturated heterocycles. The normalized spacial score (nSPS) is 25.5. The van der Waals surface area contributed by atoms with Crippen molar-refractivity contribution in [3.8, 4) is 0 Å². The first-order valence-corrected chi connectivity index (χ1v) is 17.7. The Morgan fingerprint density at radius 2 is 1.82 bits per heavy atom. The topological polar surface area (TPSA) is 172 Å². The van der Waals surface area contributed by atoms with E-state index in [1.54, 1.807) is 6.08 Å². The number of aliphatic hydroxyl groups is 1. The zero-order chi connectivity index (χ0) is 32.6. The van der Waals surface area contributed by atoms with E-state index in [0.717, 1.165) is 5.56 Å². The van der Waals surface area contributed by atoms with Crippen LogP contribution in [0.2, 0.25) is 0 Å². The highest BCUT2D eigenvalue weighted by Gasteiger charge is 2.33. The third-order valence-electron chi connectivity index (χ3n) is 7.21. The predicted octanol–water partition coefficient (Wildman–Crippen LogP) is 2.60. The summed E-state index contributed by atoms with van der Waals surface area (Å²) in [5.41, 5.74) is 0.868. The average Bonchev–Trinajstić information content (AvgIpc) is 3.00. The number of hydrogen-bond acceptors (Lipinski definition) is 10. The van der Waals surface area contributed by atoms with Gasteiger partial charge in [0.05, 0.1) is 25.0 Å². The molecule has 0 aliphatic carbocycles. The maximum absolute atomic E-state index is 13.5. The van der Waals surface area contributed by atoms with Gasteiger partial charge in [-0.25, -0.2) is 4.79 Å². The van der Waals surface area contributed by atoms with Crippen LogP contribution < -0.4 is 21.3 Å². The van der Waals surface area contributed by atoms with E-state index < -0.39 is 60.1 Å². The van der Waals surface area contributed by atoms with Gasteiger partial charge in [0.25, 0.3) is 0 Å². The fraction of sp³-hybridized carbons (Fsp3) is 0.581. The van der Waals surface area contributed by atoms with Crippen molar-refractivity contribution in [3.05, 3.63) is 48.0 Å². The molecule has 0 unspecified atom stereocenters. The van der Waals surface area contributed by atoms with Gasteiger partial charge in [0, 0.05) is 18.1 Å². The Balaban J connectivity index is 1.70. The first kappa shape index (κ1) is 36.2. The van der Waals surface area contributed by atoms with Gasteiger partial charge in [-0.05, 0) is 43.2 Å². The van der Waals surface area contributed by atoms with Crippen LogP contribution in [0.15, 0.2) is 42.5 Å². The molecular formula is C31H44N4O8S2. The zero-order valence-electron chi connectivity index (χ0n) is 25.7. The van der Waals surface area contributed by atoms with Gasteiger partial charge in [0.15, 0.2) is 0 Å². The van der Waals surface area contributed by atoms with Crippen LogP contribution in [0.1, 0.15) is 57.9 Å². The van der Waals surface area contributed by atoms with Crippen molar-refractivity contribution < 1.29 is 38.6 Å². The average molecular weight is 665 g/mol. The molecule has 5 N–H and O–H groups in total. The molecule has 1 aromatic carbocycles. The summed E-state index contributed by atoms with van der Waals surface area (Å²) in [7, 11) is 2.98. The summed E-state index contributed by atoms with van der Waals surface area (Å²) in [6.45, 7) is 4.07. The molecule has 45 heavy (non-hydrogen) atoms. The number of carbonyl (C=O) groups excluding carboxylic acids is 5. The number of ether oxygens (including phenoxy) is 2. The lowest BCUT2D eigenvalue weighted by molar-refractivity contribution is -0.151. The second-order valence-electron chi connectivity index (χ2n) is 11.3. The van der Waals surface area contributed by atoms with Crippen molar-refractivity contribution in [3.63, 3.8) is 0 Å². The largest absolute Gasteiger partial charge is 0.457 e. The third kappa shape index (κ3) is 13.3. The Kier molecular flexibility index (Phi) is 15.6. The van der Waals surface area contributed by atoms with E-state index in [1.165, 1.54) is 21.6 Å². The first-order chi connectivity index (χ1) is 21.6. The van der Waals surface area contributed by atoms with Crippen molar-refractivity contribution in [2.45, 2.75) is 89.3 Å². The number of esters is 1. The van der Waals surface area contributed by atoms with Crippen molar-refractivity contribution in [1.29, 1.82) is 0 Å². The zero-order valence-corrected chi connectivity index (χ0v) is 27.3. The number of fused-ring (bicyclic) bond motifs is 7. The Labute approximate surface area is 272 Å². The molecule has 1 fully saturated rings. The summed E-state index contributed by atoms with van der Waals surface area (Å²) in [5.74, 6) is -1.48. The molecule has 2 heterocycles. The number of rotatable bonds is 8. The molecular weight excluding hydrogens is 620 g/mol. The van der Waals surface area contributed by atoms with Crippen LogP contribution in [-0.2, 0) is 35.3 Å². The van der Waals surface area contributed by atoms with Gasteiger partial charge in [0.2, 0.25) is 17.7 Å². The van der Waals surface area contributed by atoms with Crippen LogP contribution in [0.3, 0.4) is 0 Å². The Morgan fingerprint density at radius 3 is 2.58 bits per heavy atom. The maximum atomic E-state index is 13.5. The number of unbranched alkanes of at least 4 members (excludes halogenated alkanes) is 1. The Bertz CT molecular complexity index is 1170. The Morgan fingerprint density at radius 1 is 1.04 bits per heavy atom. The number of alkyl carbamates (subject to hydrolysis) is 1. The molecule has 14 heteroatoms. The second kappa shape index (κ2) is 19.3. The summed E-state index contributed by atoms with van der Waals surface area (Å²) in [6.07, 6.45) is 2.09. The van der Waals surface area contributed by atoms with Crippen molar-refractivity contribution >= 4 is 51.4 Å². The fourth-order valence-corrected chi connectivity index (χ4v) is 6.93. The highest BCUT2D eigenvalue weighted by Crippen LogP contribution is 2.24. The number of carbonyl (C=O) groups is 5. The molecule has 3 rings (SSSR count). The van der Waals surface area contributed by atoms with E-state index in [2.05, 4.69) is 21.3 Å². The van der Waals surface area contributed by atoms with Crippen LogP contribution in [0.25, 0.3) is 0 Å². The Hall–Kier alpha value is -3.23. The highest BCUT2D eigenvalue weighted by atomic mass is 33.1. The lowest BCUT2D eigenvalue weighted by Gasteiger charge is -2.29. The van der Waals surface area contributed by atoms with Crippen LogP contribution >= 0.6 is 21.6 Å². The van der Waals surface area contributed by atoms with E-state index in [0.29, 0.717) is 31.6 Å². The fourth-order valence-electron chi connectivity index (χ4n) is 4.77. The second-order valence-corrected chi connectivity index (χ2v) is 13.9. The molecule has 1 aromatic rings. The molecule has 2 bridgehead atoms. The molecule has 4 amide bonds. The lowest BCUT2D eigenvalue weighted by atomic mass is 9.96. The smallest absolute Gasteiger partial charge is 0.407 e. The summed E-state index contributed by atoms with van der Waals surface area (Å²) < 4.78 is 10.8. The molecule has 0 spiro atoms. The van der Waals surface area contributed by atoms with Crippen LogP contribution in [0.5, 0.6) is 0 Å². The molecule has 248 valence electrons. The summed E-state index contributed by atoms with van der Waals surface area (Å²) in [4.78, 5) is 64.9. The van der Waals surface area contributed by atoms with Gasteiger partial charge in [0.1, 0.15) is 24.8 Å². The minimum absolute atomic E-state index is 0.148. The van der Waals surface area contributed by atoms with Gasteiger partial charge in [-0.15, -0.1) is 0 Å². The van der Waals surface area contributed by atoms with Crippen molar-refractivity contribution in [1.82, 2.24) is 21.3 Å². The molecule has 0 radical (unpaired) electrons. The van der Waals surface area contributed by atoms with E-state index in [4.69, 9.17) is 9.47 Å². The van der Waals surface area contributed by atoms with E-state index in [9.17, 15) is 29.1 Å². The quantitative estimate of drug-likeness (QED) is 0.120. The third-order valence-corrected chi connectivity index (χ3v) is 9.66. The van der Waals surface area contributed by atoms with Crippen LogP contribution in [-0.4, -0.2) is 83.3 Å². The van der Waals surface area contributed by atoms with E-state index in [-0.39, 0.29) is 37.5 Å². The molecule has 0 saturated carbocycles. The molecule has 12 nitrogen and oxygen atoms in total. The number of nitrogens with one attached hydrogen (secondary N) is 4. The number of benzene rings is 1. The maximum Gasteiger partial charge on any atom is 0.407 e. The molecule has 2 aliphatic rings. The summed E-state index contributed by atoms with van der Waals surface area (Å²) in [5, 5.41) is 21.9. The molecule has 2 aliphatic heterocycles. The van der Waals surface area contributed by atoms with Gasteiger partial charge >= 0.3 is 12.1 Å². The minimum Gasteiger partial charge on any atom is -0.457 e. The van der Waals surface area contributed by atoms with E-state index in [1.807, 2.05) is 50.3 Å².